The lowest BCUT2D eigenvalue weighted by atomic mass is 10.0. The number of nitrogens with zero attached hydrogens (tertiary/aromatic N) is 1. The lowest BCUT2D eigenvalue weighted by molar-refractivity contribution is -0.147. The first-order chi connectivity index (χ1) is 13.4. The van der Waals surface area contributed by atoms with Gasteiger partial charge in [-0.15, -0.1) is 0 Å². The number of nitriles is 1. The summed E-state index contributed by atoms with van der Waals surface area (Å²) in [6.07, 6.45) is 0. The molecule has 142 valence electrons. The van der Waals surface area contributed by atoms with Crippen LogP contribution >= 0.6 is 0 Å². The van der Waals surface area contributed by atoms with Crippen molar-refractivity contribution in [3.05, 3.63) is 60.2 Å². The molecule has 0 aliphatic carbocycles. The minimum Gasteiger partial charge on any atom is -0.456 e. The van der Waals surface area contributed by atoms with Crippen molar-refractivity contribution in [1.82, 2.24) is 5.32 Å². The molecule has 1 amide bonds. The highest BCUT2D eigenvalue weighted by Crippen LogP contribution is 2.19. The summed E-state index contributed by atoms with van der Waals surface area (Å²) >= 11 is 0. The van der Waals surface area contributed by atoms with Gasteiger partial charge >= 0.3 is 5.97 Å². The van der Waals surface area contributed by atoms with Crippen LogP contribution in [0.5, 0.6) is 0 Å². The van der Waals surface area contributed by atoms with Crippen LogP contribution in [0.1, 0.15) is 17.3 Å². The first-order valence-corrected chi connectivity index (χ1v) is 8.49. The van der Waals surface area contributed by atoms with Gasteiger partial charge < -0.3 is 15.5 Å². The number of benzene rings is 2. The van der Waals surface area contributed by atoms with Crippen LogP contribution in [-0.4, -0.2) is 36.5 Å². The molecule has 7 heteroatoms. The van der Waals surface area contributed by atoms with Crippen LogP contribution in [0.3, 0.4) is 0 Å². The first kappa shape index (κ1) is 20.5. The molecule has 0 aliphatic heterocycles. The Labute approximate surface area is 162 Å². The van der Waals surface area contributed by atoms with Crippen molar-refractivity contribution in [2.75, 3.05) is 13.2 Å². The Kier molecular flexibility index (Phi) is 7.17. The Morgan fingerprint density at radius 1 is 1.07 bits per heavy atom. The number of amides is 1. The van der Waals surface area contributed by atoms with Crippen molar-refractivity contribution >= 4 is 23.4 Å². The van der Waals surface area contributed by atoms with Gasteiger partial charge in [0.05, 0.1) is 6.07 Å². The maximum atomic E-state index is 12.1. The highest BCUT2D eigenvalue weighted by Gasteiger charge is 2.21. The second-order valence-corrected chi connectivity index (χ2v) is 6.00. The second-order valence-electron chi connectivity index (χ2n) is 6.00. The van der Waals surface area contributed by atoms with Gasteiger partial charge in [0.1, 0.15) is 12.5 Å². The number of esters is 1. The molecule has 1 atom stereocenters. The molecule has 2 aromatic rings. The van der Waals surface area contributed by atoms with Crippen LogP contribution < -0.4 is 5.32 Å². The van der Waals surface area contributed by atoms with E-state index in [1.54, 1.807) is 18.2 Å². The SMILES string of the molecule is CC(=N)C(C#N)C(=O)COC(=O)CNC(=O)c1ccc(-c2ccccc2)cc1. The van der Waals surface area contributed by atoms with Crippen molar-refractivity contribution < 1.29 is 19.1 Å². The average molecular weight is 377 g/mol. The van der Waals surface area contributed by atoms with Crippen molar-refractivity contribution in [2.45, 2.75) is 6.92 Å². The van der Waals surface area contributed by atoms with E-state index in [0.29, 0.717) is 5.56 Å². The molecular weight excluding hydrogens is 358 g/mol. The van der Waals surface area contributed by atoms with E-state index in [1.165, 1.54) is 6.92 Å². The van der Waals surface area contributed by atoms with Crippen LogP contribution in [-0.2, 0) is 14.3 Å². The minimum atomic E-state index is -1.23. The average Bonchev–Trinajstić information content (AvgIpc) is 2.71. The first-order valence-electron chi connectivity index (χ1n) is 8.49. The van der Waals surface area contributed by atoms with Crippen molar-refractivity contribution in [3.63, 3.8) is 0 Å². The molecule has 1 unspecified atom stereocenters. The van der Waals surface area contributed by atoms with Gasteiger partial charge in [0.2, 0.25) is 0 Å². The zero-order valence-electron chi connectivity index (χ0n) is 15.3. The summed E-state index contributed by atoms with van der Waals surface area (Å²) in [5, 5.41) is 18.6. The quantitative estimate of drug-likeness (QED) is 0.540. The van der Waals surface area contributed by atoms with Gasteiger partial charge in [-0.05, 0) is 30.2 Å². The third kappa shape index (κ3) is 5.61. The highest BCUT2D eigenvalue weighted by molar-refractivity contribution is 6.06. The van der Waals surface area contributed by atoms with Crippen LogP contribution in [0.25, 0.3) is 11.1 Å². The minimum absolute atomic E-state index is 0.115. The molecule has 2 N–H and O–H groups in total. The predicted molar refractivity (Wildman–Crippen MR) is 103 cm³/mol. The molecule has 0 heterocycles. The summed E-state index contributed by atoms with van der Waals surface area (Å²) in [6, 6.07) is 18.3. The molecule has 0 fully saturated rings. The van der Waals surface area contributed by atoms with E-state index in [9.17, 15) is 14.4 Å². The number of carbonyl (C=O) groups excluding carboxylic acids is 3. The third-order valence-corrected chi connectivity index (χ3v) is 3.91. The zero-order chi connectivity index (χ0) is 20.5. The maximum Gasteiger partial charge on any atom is 0.325 e. The Morgan fingerprint density at radius 3 is 2.25 bits per heavy atom. The van der Waals surface area contributed by atoms with Gasteiger partial charge in [0.25, 0.3) is 5.91 Å². The van der Waals surface area contributed by atoms with Crippen LogP contribution in [0.15, 0.2) is 54.6 Å². The number of Topliss-reactive ketones (excluding diaryl/α,β-unsaturated/α-hetero) is 1. The molecule has 0 saturated carbocycles. The molecule has 0 radical (unpaired) electrons. The number of hydrogen-bond acceptors (Lipinski definition) is 6. The Morgan fingerprint density at radius 2 is 1.68 bits per heavy atom. The number of ether oxygens (including phenoxy) is 1. The molecule has 0 saturated heterocycles. The fourth-order valence-electron chi connectivity index (χ4n) is 2.40. The number of ketones is 1. The van der Waals surface area contributed by atoms with Gasteiger partial charge in [-0.25, -0.2) is 0 Å². The van der Waals surface area contributed by atoms with E-state index in [-0.39, 0.29) is 5.71 Å². The molecule has 0 bridgehead atoms. The molecule has 2 aromatic carbocycles. The number of carbonyl (C=O) groups is 3. The summed E-state index contributed by atoms with van der Waals surface area (Å²) in [5.74, 6) is -3.16. The second kappa shape index (κ2) is 9.78. The van der Waals surface area contributed by atoms with Gasteiger partial charge in [-0.2, -0.15) is 5.26 Å². The summed E-state index contributed by atoms with van der Waals surface area (Å²) in [7, 11) is 0. The van der Waals surface area contributed by atoms with Gasteiger partial charge in [-0.3, -0.25) is 14.4 Å². The van der Waals surface area contributed by atoms with Crippen molar-refractivity contribution in [2.24, 2.45) is 5.92 Å². The lowest BCUT2D eigenvalue weighted by Gasteiger charge is -2.09. The van der Waals surface area contributed by atoms with Crippen molar-refractivity contribution in [3.8, 4) is 17.2 Å². The van der Waals surface area contributed by atoms with E-state index < -0.39 is 36.7 Å². The molecule has 0 aromatic heterocycles. The Balaban J connectivity index is 1.83. The summed E-state index contributed by atoms with van der Waals surface area (Å²) in [6.45, 7) is 0.305. The molecule has 7 nitrogen and oxygen atoms in total. The summed E-state index contributed by atoms with van der Waals surface area (Å²) < 4.78 is 4.75. The predicted octanol–water partition coefficient (Wildman–Crippen LogP) is 2.38. The van der Waals surface area contributed by atoms with Gasteiger partial charge in [-0.1, -0.05) is 42.5 Å². The largest absolute Gasteiger partial charge is 0.456 e. The molecule has 0 aliphatic rings. The normalized spacial score (nSPS) is 11.0. The molecular formula is C21H19N3O4. The topological polar surface area (TPSA) is 120 Å². The monoisotopic (exact) mass is 377 g/mol. The maximum absolute atomic E-state index is 12.1. The molecule has 28 heavy (non-hydrogen) atoms. The van der Waals surface area contributed by atoms with E-state index in [2.05, 4.69) is 5.32 Å². The fraction of sp³-hybridized carbons (Fsp3) is 0.190. The Bertz CT molecular complexity index is 915. The van der Waals surface area contributed by atoms with Crippen molar-refractivity contribution in [1.29, 1.82) is 10.7 Å². The summed E-state index contributed by atoms with van der Waals surface area (Å²) in [5.41, 5.74) is 2.26. The van der Waals surface area contributed by atoms with Crippen LogP contribution in [0, 0.1) is 22.7 Å². The lowest BCUT2D eigenvalue weighted by Crippen LogP contribution is -2.32. The molecule has 0 spiro atoms. The standard InChI is InChI=1S/C21H19N3O4/c1-14(23)18(11-22)19(25)13-28-20(26)12-24-21(27)17-9-7-16(8-10-17)15-5-3-2-4-6-15/h2-10,18,23H,12-13H2,1H3,(H,24,27). The van der Waals surface area contributed by atoms with Gasteiger partial charge in [0.15, 0.2) is 12.4 Å². The van der Waals surface area contributed by atoms with Crippen LogP contribution in [0.4, 0.5) is 0 Å². The Hall–Kier alpha value is -3.79. The van der Waals surface area contributed by atoms with Crippen LogP contribution in [0.2, 0.25) is 0 Å². The van der Waals surface area contributed by atoms with E-state index >= 15 is 0 Å². The van der Waals surface area contributed by atoms with E-state index in [0.717, 1.165) is 11.1 Å². The van der Waals surface area contributed by atoms with Gasteiger partial charge in [0, 0.05) is 11.3 Å². The molecule has 2 rings (SSSR count). The summed E-state index contributed by atoms with van der Waals surface area (Å²) in [4.78, 5) is 35.5. The number of hydrogen-bond donors (Lipinski definition) is 2. The number of rotatable bonds is 8. The smallest absolute Gasteiger partial charge is 0.325 e. The van der Waals surface area contributed by atoms with E-state index in [1.807, 2.05) is 42.5 Å². The zero-order valence-corrected chi connectivity index (χ0v) is 15.3. The highest BCUT2D eigenvalue weighted by atomic mass is 16.5. The third-order valence-electron chi connectivity index (χ3n) is 3.91. The number of nitrogens with one attached hydrogen (secondary N) is 2. The fourth-order valence-corrected chi connectivity index (χ4v) is 2.40. The van der Waals surface area contributed by atoms with E-state index in [4.69, 9.17) is 15.4 Å².